The fraction of sp³-hybridized carbons (Fsp3) is 0.389. The van der Waals surface area contributed by atoms with Crippen LogP contribution < -0.4 is 5.32 Å². The predicted octanol–water partition coefficient (Wildman–Crippen LogP) is 3.16. The molecule has 0 bridgehead atoms. The lowest BCUT2D eigenvalue weighted by Crippen LogP contribution is -2.41. The van der Waals surface area contributed by atoms with Gasteiger partial charge in [0.25, 0.3) is 5.91 Å². The standard InChI is InChI=1S/C18H21N3O2/c1-12(2)11-16(15-8-10-23-21-15)20-18(22)17-14-6-4-3-5-13(14)7-9-19-17/h3-7,9,12,16H,8,10-11H2,1-2H3,(H,20,22)/t16-/m0/s1. The second kappa shape index (κ2) is 6.77. The van der Waals surface area contributed by atoms with Crippen LogP contribution in [0.2, 0.25) is 0 Å². The molecule has 0 radical (unpaired) electrons. The van der Waals surface area contributed by atoms with Gasteiger partial charge in [0.1, 0.15) is 12.3 Å². The zero-order chi connectivity index (χ0) is 16.2. The zero-order valence-electron chi connectivity index (χ0n) is 13.5. The Morgan fingerprint density at radius 1 is 1.30 bits per heavy atom. The Hall–Kier alpha value is -2.43. The van der Waals surface area contributed by atoms with E-state index in [0.717, 1.165) is 29.3 Å². The summed E-state index contributed by atoms with van der Waals surface area (Å²) in [7, 11) is 0. The smallest absolute Gasteiger partial charge is 0.271 e. The zero-order valence-corrected chi connectivity index (χ0v) is 13.5. The molecule has 5 nitrogen and oxygen atoms in total. The largest absolute Gasteiger partial charge is 0.395 e. The summed E-state index contributed by atoms with van der Waals surface area (Å²) in [6, 6.07) is 9.58. The average molecular weight is 311 g/mol. The van der Waals surface area contributed by atoms with E-state index in [1.165, 1.54) is 0 Å². The highest BCUT2D eigenvalue weighted by molar-refractivity contribution is 6.06. The third kappa shape index (κ3) is 3.50. The summed E-state index contributed by atoms with van der Waals surface area (Å²) >= 11 is 0. The molecule has 2 heterocycles. The SMILES string of the molecule is CC(C)C[C@H](NC(=O)c1nccc2ccccc12)C1=NOCC1. The van der Waals surface area contributed by atoms with Gasteiger partial charge in [-0.1, -0.05) is 43.3 Å². The van der Waals surface area contributed by atoms with Crippen LogP contribution in [0.3, 0.4) is 0 Å². The van der Waals surface area contributed by atoms with Crippen molar-refractivity contribution >= 4 is 22.4 Å². The van der Waals surface area contributed by atoms with Crippen molar-refractivity contribution in [2.75, 3.05) is 6.61 Å². The van der Waals surface area contributed by atoms with Crippen LogP contribution in [-0.4, -0.2) is 29.3 Å². The molecule has 1 aromatic carbocycles. The Morgan fingerprint density at radius 3 is 2.87 bits per heavy atom. The van der Waals surface area contributed by atoms with Crippen molar-refractivity contribution in [2.24, 2.45) is 11.1 Å². The number of fused-ring (bicyclic) bond motifs is 1. The minimum Gasteiger partial charge on any atom is -0.395 e. The molecule has 1 atom stereocenters. The van der Waals surface area contributed by atoms with E-state index in [2.05, 4.69) is 29.3 Å². The lowest BCUT2D eigenvalue weighted by Gasteiger charge is -2.20. The van der Waals surface area contributed by atoms with Crippen LogP contribution in [0.15, 0.2) is 41.7 Å². The van der Waals surface area contributed by atoms with Gasteiger partial charge < -0.3 is 10.2 Å². The number of nitrogens with one attached hydrogen (secondary N) is 1. The summed E-state index contributed by atoms with van der Waals surface area (Å²) in [4.78, 5) is 22.1. The molecule has 5 heteroatoms. The first-order valence-corrected chi connectivity index (χ1v) is 7.98. The molecule has 0 spiro atoms. The van der Waals surface area contributed by atoms with Gasteiger partial charge in [-0.2, -0.15) is 0 Å². The molecule has 1 aliphatic heterocycles. The normalized spacial score (nSPS) is 15.3. The number of rotatable bonds is 5. The molecule has 120 valence electrons. The lowest BCUT2D eigenvalue weighted by molar-refractivity contribution is 0.0940. The average Bonchev–Trinajstić information content (AvgIpc) is 3.07. The van der Waals surface area contributed by atoms with Gasteiger partial charge in [-0.05, 0) is 23.8 Å². The lowest BCUT2D eigenvalue weighted by atomic mass is 9.98. The summed E-state index contributed by atoms with van der Waals surface area (Å²) < 4.78 is 0. The number of nitrogens with zero attached hydrogens (tertiary/aromatic N) is 2. The van der Waals surface area contributed by atoms with Crippen molar-refractivity contribution in [3.63, 3.8) is 0 Å². The second-order valence-electron chi connectivity index (χ2n) is 6.20. The van der Waals surface area contributed by atoms with E-state index in [9.17, 15) is 4.79 Å². The maximum Gasteiger partial charge on any atom is 0.271 e. The van der Waals surface area contributed by atoms with Crippen molar-refractivity contribution in [3.05, 3.63) is 42.2 Å². The molecule has 1 aliphatic rings. The first-order valence-electron chi connectivity index (χ1n) is 7.98. The number of carbonyl (C=O) groups excluding carboxylic acids is 1. The van der Waals surface area contributed by atoms with E-state index in [1.807, 2.05) is 30.3 Å². The summed E-state index contributed by atoms with van der Waals surface area (Å²) in [5, 5.41) is 9.04. The van der Waals surface area contributed by atoms with E-state index in [1.54, 1.807) is 6.20 Å². The molecule has 1 amide bonds. The van der Waals surface area contributed by atoms with Crippen molar-refractivity contribution in [2.45, 2.75) is 32.7 Å². The van der Waals surface area contributed by atoms with Crippen LogP contribution in [0.5, 0.6) is 0 Å². The van der Waals surface area contributed by atoms with Crippen molar-refractivity contribution in [1.29, 1.82) is 0 Å². The third-order valence-electron chi connectivity index (χ3n) is 3.93. The molecule has 0 saturated carbocycles. The Kier molecular flexibility index (Phi) is 4.55. The van der Waals surface area contributed by atoms with Crippen LogP contribution in [0.4, 0.5) is 0 Å². The van der Waals surface area contributed by atoms with E-state index in [-0.39, 0.29) is 11.9 Å². The van der Waals surface area contributed by atoms with Crippen LogP contribution in [0.25, 0.3) is 10.8 Å². The number of benzene rings is 1. The van der Waals surface area contributed by atoms with Crippen LogP contribution in [0.1, 0.15) is 37.2 Å². The first kappa shape index (κ1) is 15.5. The van der Waals surface area contributed by atoms with Gasteiger partial charge in [0.05, 0.1) is 11.8 Å². The molecule has 0 fully saturated rings. The maximum absolute atomic E-state index is 12.7. The van der Waals surface area contributed by atoms with E-state index in [0.29, 0.717) is 18.2 Å². The Balaban J connectivity index is 1.85. The van der Waals surface area contributed by atoms with E-state index < -0.39 is 0 Å². The highest BCUT2D eigenvalue weighted by atomic mass is 16.6. The van der Waals surface area contributed by atoms with Gasteiger partial charge in [-0.25, -0.2) is 0 Å². The molecule has 2 aromatic rings. The number of oxime groups is 1. The van der Waals surface area contributed by atoms with Gasteiger partial charge in [0.15, 0.2) is 0 Å². The topological polar surface area (TPSA) is 63.6 Å². The monoisotopic (exact) mass is 311 g/mol. The van der Waals surface area contributed by atoms with Gasteiger partial charge >= 0.3 is 0 Å². The molecule has 1 aromatic heterocycles. The molecule has 0 saturated heterocycles. The summed E-state index contributed by atoms with van der Waals surface area (Å²) in [5.74, 6) is 0.283. The predicted molar refractivity (Wildman–Crippen MR) is 90.5 cm³/mol. The van der Waals surface area contributed by atoms with Crippen LogP contribution in [0, 0.1) is 5.92 Å². The van der Waals surface area contributed by atoms with Crippen molar-refractivity contribution in [1.82, 2.24) is 10.3 Å². The highest BCUT2D eigenvalue weighted by Gasteiger charge is 2.24. The molecule has 3 rings (SSSR count). The number of hydrogen-bond donors (Lipinski definition) is 1. The Labute approximate surface area is 135 Å². The van der Waals surface area contributed by atoms with Crippen LogP contribution >= 0.6 is 0 Å². The summed E-state index contributed by atoms with van der Waals surface area (Å²) in [5.41, 5.74) is 1.36. The van der Waals surface area contributed by atoms with Gasteiger partial charge in [-0.3, -0.25) is 9.78 Å². The van der Waals surface area contributed by atoms with Gasteiger partial charge in [0.2, 0.25) is 0 Å². The molecule has 23 heavy (non-hydrogen) atoms. The fourth-order valence-electron chi connectivity index (χ4n) is 2.84. The highest BCUT2D eigenvalue weighted by Crippen LogP contribution is 2.18. The molecular formula is C18H21N3O2. The Bertz CT molecular complexity index is 735. The van der Waals surface area contributed by atoms with Gasteiger partial charge in [-0.15, -0.1) is 0 Å². The Morgan fingerprint density at radius 2 is 2.13 bits per heavy atom. The van der Waals surface area contributed by atoms with Crippen molar-refractivity contribution in [3.8, 4) is 0 Å². The maximum atomic E-state index is 12.7. The number of aromatic nitrogens is 1. The fourth-order valence-corrected chi connectivity index (χ4v) is 2.84. The molecule has 0 unspecified atom stereocenters. The van der Waals surface area contributed by atoms with Gasteiger partial charge in [0, 0.05) is 18.0 Å². The quantitative estimate of drug-likeness (QED) is 0.922. The number of carbonyl (C=O) groups is 1. The minimum atomic E-state index is -0.165. The molecule has 0 aliphatic carbocycles. The third-order valence-corrected chi connectivity index (χ3v) is 3.93. The summed E-state index contributed by atoms with van der Waals surface area (Å²) in [6.45, 7) is 4.85. The number of hydrogen-bond acceptors (Lipinski definition) is 4. The first-order chi connectivity index (χ1) is 11.1. The second-order valence-corrected chi connectivity index (χ2v) is 6.20. The molecule has 1 N–H and O–H groups in total. The summed E-state index contributed by atoms with van der Waals surface area (Å²) in [6.07, 6.45) is 3.27. The number of amides is 1. The van der Waals surface area contributed by atoms with E-state index in [4.69, 9.17) is 4.84 Å². The van der Waals surface area contributed by atoms with Crippen LogP contribution in [-0.2, 0) is 4.84 Å². The minimum absolute atomic E-state index is 0.106. The molecular weight excluding hydrogens is 290 g/mol. The van der Waals surface area contributed by atoms with E-state index >= 15 is 0 Å². The number of pyridine rings is 1. The van der Waals surface area contributed by atoms with Crippen molar-refractivity contribution < 1.29 is 9.63 Å².